The number of fused-ring (bicyclic) bond motifs is 1. The van der Waals surface area contributed by atoms with E-state index >= 15 is 0 Å². The van der Waals surface area contributed by atoms with Crippen LogP contribution in [-0.2, 0) is 0 Å². The third-order valence-corrected chi connectivity index (χ3v) is 3.76. The lowest BCUT2D eigenvalue weighted by Gasteiger charge is -2.10. The van der Waals surface area contributed by atoms with Crippen molar-refractivity contribution in [2.75, 3.05) is 0 Å². The van der Waals surface area contributed by atoms with Crippen LogP contribution in [0.3, 0.4) is 0 Å². The van der Waals surface area contributed by atoms with E-state index in [1.54, 1.807) is 30.3 Å². The van der Waals surface area contributed by atoms with Crippen molar-refractivity contribution in [1.29, 1.82) is 0 Å². The number of nitrogens with zero attached hydrogens (tertiary/aromatic N) is 1. The highest BCUT2D eigenvalue weighted by molar-refractivity contribution is 5.80. The summed E-state index contributed by atoms with van der Waals surface area (Å²) in [5.74, 6) is 0.187. The molecule has 114 valence electrons. The molecule has 0 aliphatic heterocycles. The van der Waals surface area contributed by atoms with Crippen LogP contribution in [-0.4, -0.2) is 4.98 Å². The molecule has 4 heteroatoms. The van der Waals surface area contributed by atoms with Gasteiger partial charge < -0.3 is 4.74 Å². The molecule has 0 N–H and O–H groups in total. The lowest BCUT2D eigenvalue weighted by molar-refractivity contribution is 0.473. The Morgan fingerprint density at radius 1 is 1.00 bits per heavy atom. The summed E-state index contributed by atoms with van der Waals surface area (Å²) >= 11 is 0. The summed E-state index contributed by atoms with van der Waals surface area (Å²) in [7, 11) is 0. The van der Waals surface area contributed by atoms with Gasteiger partial charge in [0.05, 0.1) is 11.8 Å². The van der Waals surface area contributed by atoms with E-state index in [1.165, 1.54) is 23.9 Å². The van der Waals surface area contributed by atoms with E-state index in [-0.39, 0.29) is 11.6 Å². The van der Waals surface area contributed by atoms with Crippen LogP contribution in [0.1, 0.15) is 18.4 Å². The summed E-state index contributed by atoms with van der Waals surface area (Å²) in [6.45, 7) is 0. The zero-order chi connectivity index (χ0) is 15.8. The number of hydrogen-bond acceptors (Lipinski definition) is 2. The fourth-order valence-corrected chi connectivity index (χ4v) is 2.45. The molecule has 0 bridgehead atoms. The topological polar surface area (TPSA) is 22.1 Å². The van der Waals surface area contributed by atoms with Crippen LogP contribution in [0, 0.1) is 11.6 Å². The maximum absolute atomic E-state index is 14.1. The lowest BCUT2D eigenvalue weighted by Crippen LogP contribution is -1.92. The molecule has 2 aromatic carbocycles. The highest BCUT2D eigenvalue weighted by Gasteiger charge is 2.15. The number of allylic oxidation sites excluding steroid dienone is 1. The highest BCUT2D eigenvalue weighted by atomic mass is 19.1. The van der Waals surface area contributed by atoms with Crippen LogP contribution >= 0.6 is 0 Å². The fourth-order valence-electron chi connectivity index (χ4n) is 2.45. The van der Waals surface area contributed by atoms with Crippen molar-refractivity contribution in [3.8, 4) is 11.5 Å². The fraction of sp³-hybridized carbons (Fsp3) is 0.105. The first-order valence-corrected chi connectivity index (χ1v) is 7.41. The lowest BCUT2D eigenvalue weighted by atomic mass is 10.1. The van der Waals surface area contributed by atoms with E-state index in [9.17, 15) is 8.78 Å². The average Bonchev–Trinajstić information content (AvgIpc) is 3.35. The quantitative estimate of drug-likeness (QED) is 0.639. The molecule has 3 aromatic rings. The molecule has 23 heavy (non-hydrogen) atoms. The molecule has 1 fully saturated rings. The van der Waals surface area contributed by atoms with Gasteiger partial charge in [-0.15, -0.1) is 0 Å². The molecule has 0 amide bonds. The van der Waals surface area contributed by atoms with Crippen LogP contribution in [0.15, 0.2) is 54.2 Å². The Balaban J connectivity index is 1.73. The van der Waals surface area contributed by atoms with Gasteiger partial charge >= 0.3 is 0 Å². The molecule has 1 aliphatic rings. The number of ether oxygens (including phenoxy) is 1. The van der Waals surface area contributed by atoms with Gasteiger partial charge in [0.2, 0.25) is 0 Å². The molecule has 1 aromatic heterocycles. The number of pyridine rings is 1. The monoisotopic (exact) mass is 309 g/mol. The van der Waals surface area contributed by atoms with Crippen molar-refractivity contribution in [2.45, 2.75) is 12.8 Å². The van der Waals surface area contributed by atoms with Gasteiger partial charge in [0, 0.05) is 5.39 Å². The SMILES string of the molecule is Fc1cccc(Oc2cnc3c(F)cccc3c2)c1C=C1CC1. The van der Waals surface area contributed by atoms with Gasteiger partial charge in [0.15, 0.2) is 0 Å². The molecule has 2 nitrogen and oxygen atoms in total. The van der Waals surface area contributed by atoms with Gasteiger partial charge in [-0.2, -0.15) is 0 Å². The van der Waals surface area contributed by atoms with E-state index in [0.29, 0.717) is 28.0 Å². The van der Waals surface area contributed by atoms with Crippen LogP contribution in [0.5, 0.6) is 11.5 Å². The molecular formula is C19H13F2NO. The van der Waals surface area contributed by atoms with E-state index in [1.807, 2.05) is 6.08 Å². The number of hydrogen-bond donors (Lipinski definition) is 0. The van der Waals surface area contributed by atoms with Crippen molar-refractivity contribution in [2.24, 2.45) is 0 Å². The molecule has 0 radical (unpaired) electrons. The maximum Gasteiger partial charge on any atom is 0.149 e. The molecular weight excluding hydrogens is 296 g/mol. The van der Waals surface area contributed by atoms with Crippen molar-refractivity contribution in [1.82, 2.24) is 4.98 Å². The molecule has 1 heterocycles. The van der Waals surface area contributed by atoms with E-state index in [2.05, 4.69) is 4.98 Å². The summed E-state index contributed by atoms with van der Waals surface area (Å²) in [4.78, 5) is 4.09. The molecule has 0 unspecified atom stereocenters. The second-order valence-electron chi connectivity index (χ2n) is 5.54. The highest BCUT2D eigenvalue weighted by Crippen LogP contribution is 2.35. The Kier molecular flexibility index (Phi) is 3.30. The summed E-state index contributed by atoms with van der Waals surface area (Å²) in [6.07, 6.45) is 5.29. The van der Waals surface area contributed by atoms with Gasteiger partial charge in [0.1, 0.15) is 28.7 Å². The van der Waals surface area contributed by atoms with Crippen molar-refractivity contribution in [3.63, 3.8) is 0 Å². The smallest absolute Gasteiger partial charge is 0.149 e. The summed E-state index contributed by atoms with van der Waals surface area (Å²) in [5, 5.41) is 0.640. The van der Waals surface area contributed by atoms with Crippen LogP contribution in [0.4, 0.5) is 8.78 Å². The molecule has 1 aliphatic carbocycles. The second-order valence-corrected chi connectivity index (χ2v) is 5.54. The predicted octanol–water partition coefficient (Wildman–Crippen LogP) is 5.48. The van der Waals surface area contributed by atoms with E-state index < -0.39 is 0 Å². The first-order valence-electron chi connectivity index (χ1n) is 7.41. The van der Waals surface area contributed by atoms with Crippen LogP contribution in [0.2, 0.25) is 0 Å². The Morgan fingerprint density at radius 3 is 2.61 bits per heavy atom. The first-order chi connectivity index (χ1) is 11.2. The van der Waals surface area contributed by atoms with Crippen LogP contribution in [0.25, 0.3) is 17.0 Å². The minimum absolute atomic E-state index is 0.291. The second kappa shape index (κ2) is 5.47. The van der Waals surface area contributed by atoms with Crippen molar-refractivity contribution >= 4 is 17.0 Å². The van der Waals surface area contributed by atoms with Gasteiger partial charge in [0.25, 0.3) is 0 Å². The number of rotatable bonds is 3. The zero-order valence-corrected chi connectivity index (χ0v) is 12.2. The van der Waals surface area contributed by atoms with E-state index in [4.69, 9.17) is 4.74 Å². The van der Waals surface area contributed by atoms with Gasteiger partial charge in [-0.05, 0) is 43.2 Å². The standard InChI is InChI=1S/C19H13F2NO/c20-16-4-2-6-18(15(16)9-12-7-8-12)23-14-10-13-3-1-5-17(21)19(13)22-11-14/h1-6,9-11H,7-8H2. The minimum atomic E-state index is -0.376. The first kappa shape index (κ1) is 13.9. The van der Waals surface area contributed by atoms with Crippen molar-refractivity contribution in [3.05, 3.63) is 71.4 Å². The van der Waals surface area contributed by atoms with Crippen molar-refractivity contribution < 1.29 is 13.5 Å². The average molecular weight is 309 g/mol. The number of benzene rings is 2. The molecule has 4 rings (SSSR count). The summed E-state index contributed by atoms with van der Waals surface area (Å²) in [5.41, 5.74) is 1.94. The predicted molar refractivity (Wildman–Crippen MR) is 85.4 cm³/mol. The Labute approximate surface area is 132 Å². The van der Waals surface area contributed by atoms with Crippen LogP contribution < -0.4 is 4.74 Å². The third-order valence-electron chi connectivity index (χ3n) is 3.76. The number of para-hydroxylation sites is 1. The normalized spacial score (nSPS) is 13.2. The Bertz CT molecular complexity index is 928. The van der Waals surface area contributed by atoms with Gasteiger partial charge in [-0.3, -0.25) is 0 Å². The molecule has 1 saturated carbocycles. The molecule has 0 saturated heterocycles. The number of aromatic nitrogens is 1. The zero-order valence-electron chi connectivity index (χ0n) is 12.2. The Hall–Kier alpha value is -2.75. The van der Waals surface area contributed by atoms with Gasteiger partial charge in [-0.25, -0.2) is 13.8 Å². The maximum atomic E-state index is 14.1. The molecule has 0 spiro atoms. The van der Waals surface area contributed by atoms with Gasteiger partial charge in [-0.1, -0.05) is 23.8 Å². The summed E-state index contributed by atoms with van der Waals surface area (Å²) < 4.78 is 33.5. The largest absolute Gasteiger partial charge is 0.455 e. The van der Waals surface area contributed by atoms with E-state index in [0.717, 1.165) is 12.8 Å². The molecule has 0 atom stereocenters. The number of halogens is 2. The Morgan fingerprint density at radius 2 is 1.78 bits per heavy atom. The third kappa shape index (κ3) is 2.80. The minimum Gasteiger partial charge on any atom is -0.455 e. The summed E-state index contributed by atoms with van der Waals surface area (Å²) in [6, 6.07) is 11.2.